The van der Waals surface area contributed by atoms with E-state index in [1.165, 1.54) is 109 Å². The Hall–Kier alpha value is -1.06. The fourth-order valence-electron chi connectivity index (χ4n) is 5.30. The molecular formula is C34H66O4. The van der Waals surface area contributed by atoms with E-state index < -0.39 is 5.97 Å². The molecule has 0 aliphatic heterocycles. The predicted octanol–water partition coefficient (Wildman–Crippen LogP) is 11.3. The summed E-state index contributed by atoms with van der Waals surface area (Å²) in [6, 6.07) is 0. The molecule has 0 aromatic rings. The van der Waals surface area contributed by atoms with Gasteiger partial charge in [0.1, 0.15) is 6.10 Å². The van der Waals surface area contributed by atoms with E-state index in [1.54, 1.807) is 0 Å². The molecule has 0 aliphatic carbocycles. The lowest BCUT2D eigenvalue weighted by molar-refractivity contribution is -0.150. The maximum Gasteiger partial charge on any atom is 0.306 e. The van der Waals surface area contributed by atoms with Gasteiger partial charge in [0, 0.05) is 12.8 Å². The van der Waals surface area contributed by atoms with Crippen LogP contribution in [0.15, 0.2) is 0 Å². The highest BCUT2D eigenvalue weighted by atomic mass is 16.5. The van der Waals surface area contributed by atoms with E-state index in [-0.39, 0.29) is 18.5 Å². The lowest BCUT2D eigenvalue weighted by Crippen LogP contribution is -2.18. The van der Waals surface area contributed by atoms with Gasteiger partial charge in [-0.05, 0) is 38.5 Å². The first-order valence-electron chi connectivity index (χ1n) is 17.0. The van der Waals surface area contributed by atoms with E-state index in [9.17, 15) is 9.59 Å². The third-order valence-corrected chi connectivity index (χ3v) is 7.83. The number of carboxylic acids is 1. The molecule has 0 fully saturated rings. The zero-order valence-electron chi connectivity index (χ0n) is 25.8. The first-order chi connectivity index (χ1) is 18.6. The molecule has 38 heavy (non-hydrogen) atoms. The Labute approximate surface area is 237 Å². The van der Waals surface area contributed by atoms with Crippen LogP contribution in [0, 0.1) is 0 Å². The van der Waals surface area contributed by atoms with Crippen molar-refractivity contribution in [1.29, 1.82) is 0 Å². The van der Waals surface area contributed by atoms with Gasteiger partial charge in [-0.25, -0.2) is 0 Å². The second kappa shape index (κ2) is 30.5. The fraction of sp³-hybridized carbons (Fsp3) is 0.941. The Bertz CT molecular complexity index is 505. The minimum absolute atomic E-state index is 0.00229. The van der Waals surface area contributed by atoms with Crippen molar-refractivity contribution < 1.29 is 19.4 Å². The normalized spacial score (nSPS) is 12.1. The largest absolute Gasteiger partial charge is 0.481 e. The number of rotatable bonds is 31. The Morgan fingerprint density at radius 3 is 1.16 bits per heavy atom. The van der Waals surface area contributed by atoms with E-state index in [2.05, 4.69) is 13.8 Å². The van der Waals surface area contributed by atoms with Gasteiger partial charge in [0.2, 0.25) is 0 Å². The molecule has 0 bridgehead atoms. The van der Waals surface area contributed by atoms with Gasteiger partial charge >= 0.3 is 11.9 Å². The summed E-state index contributed by atoms with van der Waals surface area (Å²) in [7, 11) is 0. The number of carbonyl (C=O) groups is 2. The minimum Gasteiger partial charge on any atom is -0.481 e. The molecule has 4 nitrogen and oxygen atoms in total. The third kappa shape index (κ3) is 29.5. The molecule has 0 heterocycles. The van der Waals surface area contributed by atoms with Crippen molar-refractivity contribution in [2.24, 2.45) is 0 Å². The number of carboxylic acid groups (broad SMARTS) is 1. The van der Waals surface area contributed by atoms with Crippen molar-refractivity contribution >= 4 is 11.9 Å². The lowest BCUT2D eigenvalue weighted by Gasteiger charge is -2.18. The molecule has 0 spiro atoms. The number of hydrogen-bond donors (Lipinski definition) is 1. The Kier molecular flexibility index (Phi) is 29.6. The number of unbranched alkanes of at least 4 members (excludes halogenated alkanes) is 22. The zero-order chi connectivity index (χ0) is 27.9. The number of carbonyl (C=O) groups excluding carboxylic acids is 1. The van der Waals surface area contributed by atoms with Gasteiger partial charge in [-0.1, -0.05) is 149 Å². The van der Waals surface area contributed by atoms with Crippen molar-refractivity contribution in [3.8, 4) is 0 Å². The minimum atomic E-state index is -0.699. The summed E-state index contributed by atoms with van der Waals surface area (Å²) in [5.74, 6) is -0.697. The second-order valence-corrected chi connectivity index (χ2v) is 11.7. The van der Waals surface area contributed by atoms with Crippen LogP contribution in [0.2, 0.25) is 0 Å². The van der Waals surface area contributed by atoms with Crippen LogP contribution >= 0.6 is 0 Å². The maximum absolute atomic E-state index is 12.5. The highest BCUT2D eigenvalue weighted by Crippen LogP contribution is 2.19. The molecule has 0 rings (SSSR count). The predicted molar refractivity (Wildman–Crippen MR) is 163 cm³/mol. The van der Waals surface area contributed by atoms with E-state index >= 15 is 0 Å². The Morgan fingerprint density at radius 1 is 0.474 bits per heavy atom. The molecule has 4 heteroatoms. The molecule has 226 valence electrons. The van der Waals surface area contributed by atoms with Crippen LogP contribution in [0.3, 0.4) is 0 Å². The highest BCUT2D eigenvalue weighted by Gasteiger charge is 2.14. The van der Waals surface area contributed by atoms with Gasteiger partial charge in [0.25, 0.3) is 0 Å². The maximum atomic E-state index is 12.5. The van der Waals surface area contributed by atoms with E-state index in [1.807, 2.05) is 0 Å². The van der Waals surface area contributed by atoms with Crippen LogP contribution in [0.25, 0.3) is 0 Å². The van der Waals surface area contributed by atoms with Crippen molar-refractivity contribution in [1.82, 2.24) is 0 Å². The fourth-order valence-corrected chi connectivity index (χ4v) is 5.30. The lowest BCUT2D eigenvalue weighted by atomic mass is 10.0. The first kappa shape index (κ1) is 36.9. The zero-order valence-corrected chi connectivity index (χ0v) is 25.8. The quantitative estimate of drug-likeness (QED) is 0.0704. The Morgan fingerprint density at radius 2 is 0.789 bits per heavy atom. The second-order valence-electron chi connectivity index (χ2n) is 11.7. The molecule has 1 atom stereocenters. The molecule has 0 amide bonds. The first-order valence-corrected chi connectivity index (χ1v) is 17.0. The number of aliphatic carboxylic acids is 1. The van der Waals surface area contributed by atoms with Crippen LogP contribution in [-0.4, -0.2) is 23.1 Å². The summed E-state index contributed by atoms with van der Waals surface area (Å²) in [5.41, 5.74) is 0. The topological polar surface area (TPSA) is 63.6 Å². The number of hydrogen-bond acceptors (Lipinski definition) is 3. The summed E-state index contributed by atoms with van der Waals surface area (Å²) in [6.45, 7) is 4.53. The monoisotopic (exact) mass is 538 g/mol. The van der Waals surface area contributed by atoms with Crippen molar-refractivity contribution in [2.45, 2.75) is 206 Å². The molecule has 1 unspecified atom stereocenters. The van der Waals surface area contributed by atoms with Crippen molar-refractivity contribution in [3.05, 3.63) is 0 Å². The summed E-state index contributed by atoms with van der Waals surface area (Å²) in [5, 5.41) is 8.76. The molecule has 0 aliphatic rings. The van der Waals surface area contributed by atoms with Gasteiger partial charge in [-0.3, -0.25) is 9.59 Å². The molecular weight excluding hydrogens is 472 g/mol. The SMILES string of the molecule is CCCCCCCCCCCCCCCC(=O)OC(CCCCCCCCC)CCCCCCCC(=O)O. The highest BCUT2D eigenvalue weighted by molar-refractivity contribution is 5.69. The van der Waals surface area contributed by atoms with Crippen LogP contribution in [0.1, 0.15) is 200 Å². The average molecular weight is 539 g/mol. The molecule has 1 N–H and O–H groups in total. The standard InChI is InChI=1S/C34H66O4/c1-3-5-7-9-11-12-13-14-15-16-18-23-27-31-34(37)38-32(28-24-20-17-10-8-6-4-2)29-25-21-19-22-26-30-33(35)36/h32H,3-31H2,1-2H3,(H,35,36). The number of esters is 1. The van der Waals surface area contributed by atoms with Crippen molar-refractivity contribution in [2.75, 3.05) is 0 Å². The van der Waals surface area contributed by atoms with E-state index in [4.69, 9.17) is 9.84 Å². The van der Waals surface area contributed by atoms with Crippen LogP contribution in [-0.2, 0) is 14.3 Å². The molecule has 0 saturated heterocycles. The summed E-state index contributed by atoms with van der Waals surface area (Å²) in [4.78, 5) is 23.2. The van der Waals surface area contributed by atoms with Gasteiger partial charge in [-0.2, -0.15) is 0 Å². The van der Waals surface area contributed by atoms with Gasteiger partial charge in [0.15, 0.2) is 0 Å². The van der Waals surface area contributed by atoms with Gasteiger partial charge < -0.3 is 9.84 Å². The molecule has 0 saturated carbocycles. The van der Waals surface area contributed by atoms with Crippen LogP contribution in [0.5, 0.6) is 0 Å². The summed E-state index contributed by atoms with van der Waals surface area (Å²) in [6.07, 6.45) is 34.0. The summed E-state index contributed by atoms with van der Waals surface area (Å²) < 4.78 is 5.95. The molecule has 0 aromatic heterocycles. The van der Waals surface area contributed by atoms with Gasteiger partial charge in [-0.15, -0.1) is 0 Å². The number of ether oxygens (including phenoxy) is 1. The van der Waals surface area contributed by atoms with E-state index in [0.717, 1.165) is 64.2 Å². The van der Waals surface area contributed by atoms with Crippen LogP contribution < -0.4 is 0 Å². The average Bonchev–Trinajstić information content (AvgIpc) is 2.89. The van der Waals surface area contributed by atoms with Crippen molar-refractivity contribution in [3.63, 3.8) is 0 Å². The smallest absolute Gasteiger partial charge is 0.306 e. The third-order valence-electron chi connectivity index (χ3n) is 7.83. The molecule has 0 aromatic carbocycles. The van der Waals surface area contributed by atoms with E-state index in [0.29, 0.717) is 6.42 Å². The van der Waals surface area contributed by atoms with Gasteiger partial charge in [0.05, 0.1) is 0 Å². The summed E-state index contributed by atoms with van der Waals surface area (Å²) >= 11 is 0. The Balaban J connectivity index is 3.94. The molecule has 0 radical (unpaired) electrons. The van der Waals surface area contributed by atoms with Crippen LogP contribution in [0.4, 0.5) is 0 Å².